The van der Waals surface area contributed by atoms with Gasteiger partial charge in [0, 0.05) is 12.1 Å². The SMILES string of the molecule is NC(=O)C1CN(C(=O)c2sccc2-c2ccccc2)CCO1. The van der Waals surface area contributed by atoms with Crippen LogP contribution >= 0.6 is 11.3 Å². The minimum atomic E-state index is -0.724. The molecule has 3 rings (SSSR count). The topological polar surface area (TPSA) is 72.6 Å². The lowest BCUT2D eigenvalue weighted by molar-refractivity contribution is -0.133. The molecule has 1 aromatic heterocycles. The molecule has 5 nitrogen and oxygen atoms in total. The number of carbonyl (C=O) groups excluding carboxylic acids is 2. The molecule has 1 aromatic carbocycles. The molecule has 0 radical (unpaired) electrons. The highest BCUT2D eigenvalue weighted by atomic mass is 32.1. The molecular weight excluding hydrogens is 300 g/mol. The summed E-state index contributed by atoms with van der Waals surface area (Å²) in [7, 11) is 0. The number of carbonyl (C=O) groups is 2. The van der Waals surface area contributed by atoms with Gasteiger partial charge in [-0.3, -0.25) is 9.59 Å². The van der Waals surface area contributed by atoms with E-state index in [2.05, 4.69) is 0 Å². The summed E-state index contributed by atoms with van der Waals surface area (Å²) in [6.07, 6.45) is -0.724. The Labute approximate surface area is 132 Å². The number of primary amides is 1. The molecule has 2 N–H and O–H groups in total. The third-order valence-electron chi connectivity index (χ3n) is 3.62. The second kappa shape index (κ2) is 6.29. The molecule has 1 aliphatic rings. The molecule has 2 aromatic rings. The fraction of sp³-hybridized carbons (Fsp3) is 0.250. The van der Waals surface area contributed by atoms with Crippen molar-refractivity contribution in [1.82, 2.24) is 4.90 Å². The van der Waals surface area contributed by atoms with Crippen molar-refractivity contribution in [3.05, 3.63) is 46.7 Å². The summed E-state index contributed by atoms with van der Waals surface area (Å²) in [6, 6.07) is 11.7. The van der Waals surface area contributed by atoms with Crippen molar-refractivity contribution in [3.63, 3.8) is 0 Å². The largest absolute Gasteiger partial charge is 0.367 e. The summed E-state index contributed by atoms with van der Waals surface area (Å²) < 4.78 is 5.29. The van der Waals surface area contributed by atoms with E-state index in [1.54, 1.807) is 4.90 Å². The van der Waals surface area contributed by atoms with E-state index in [0.717, 1.165) is 11.1 Å². The van der Waals surface area contributed by atoms with Crippen LogP contribution in [0, 0.1) is 0 Å². The monoisotopic (exact) mass is 316 g/mol. The van der Waals surface area contributed by atoms with E-state index in [0.29, 0.717) is 18.0 Å². The van der Waals surface area contributed by atoms with Gasteiger partial charge in [0.25, 0.3) is 5.91 Å². The van der Waals surface area contributed by atoms with Crippen LogP contribution in [0.4, 0.5) is 0 Å². The first-order chi connectivity index (χ1) is 10.7. The minimum absolute atomic E-state index is 0.0802. The number of thiophene rings is 1. The lowest BCUT2D eigenvalue weighted by Crippen LogP contribution is -2.50. The molecule has 0 spiro atoms. The van der Waals surface area contributed by atoms with Gasteiger partial charge in [-0.2, -0.15) is 0 Å². The van der Waals surface area contributed by atoms with E-state index in [4.69, 9.17) is 10.5 Å². The minimum Gasteiger partial charge on any atom is -0.367 e. The van der Waals surface area contributed by atoms with Gasteiger partial charge in [-0.05, 0) is 17.0 Å². The van der Waals surface area contributed by atoms with E-state index >= 15 is 0 Å². The maximum absolute atomic E-state index is 12.8. The van der Waals surface area contributed by atoms with E-state index in [9.17, 15) is 9.59 Å². The maximum atomic E-state index is 12.8. The van der Waals surface area contributed by atoms with Gasteiger partial charge in [-0.15, -0.1) is 11.3 Å². The first kappa shape index (κ1) is 14.7. The Morgan fingerprint density at radius 2 is 2.00 bits per heavy atom. The molecule has 2 heterocycles. The number of hydrogen-bond acceptors (Lipinski definition) is 4. The Morgan fingerprint density at radius 3 is 2.73 bits per heavy atom. The fourth-order valence-corrected chi connectivity index (χ4v) is 3.35. The van der Waals surface area contributed by atoms with Gasteiger partial charge >= 0.3 is 0 Å². The lowest BCUT2D eigenvalue weighted by atomic mass is 10.1. The summed E-state index contributed by atoms with van der Waals surface area (Å²) >= 11 is 1.41. The Bertz CT molecular complexity index is 684. The average molecular weight is 316 g/mol. The second-order valence-electron chi connectivity index (χ2n) is 5.04. The molecule has 0 bridgehead atoms. The van der Waals surface area contributed by atoms with E-state index in [-0.39, 0.29) is 12.5 Å². The third kappa shape index (κ3) is 2.88. The standard InChI is InChI=1S/C16H16N2O3S/c17-15(19)13-10-18(7-8-21-13)16(20)14-12(6-9-22-14)11-4-2-1-3-5-11/h1-6,9,13H,7-8,10H2,(H2,17,19). The Morgan fingerprint density at radius 1 is 1.23 bits per heavy atom. The van der Waals surface area contributed by atoms with Crippen LogP contribution in [-0.4, -0.2) is 42.5 Å². The number of rotatable bonds is 3. The molecule has 22 heavy (non-hydrogen) atoms. The molecule has 0 saturated carbocycles. The van der Waals surface area contributed by atoms with Gasteiger partial charge in [0.05, 0.1) is 18.0 Å². The lowest BCUT2D eigenvalue weighted by Gasteiger charge is -2.31. The van der Waals surface area contributed by atoms with Crippen molar-refractivity contribution in [3.8, 4) is 11.1 Å². The van der Waals surface area contributed by atoms with Crippen LogP contribution in [0.15, 0.2) is 41.8 Å². The van der Waals surface area contributed by atoms with Gasteiger partial charge in [0.1, 0.15) is 0 Å². The quantitative estimate of drug-likeness (QED) is 0.937. The molecule has 1 unspecified atom stereocenters. The number of nitrogens with two attached hydrogens (primary N) is 1. The van der Waals surface area contributed by atoms with Crippen molar-refractivity contribution >= 4 is 23.2 Å². The molecule has 1 fully saturated rings. The number of benzene rings is 1. The highest BCUT2D eigenvalue weighted by Crippen LogP contribution is 2.29. The number of hydrogen-bond donors (Lipinski definition) is 1. The van der Waals surface area contributed by atoms with E-state index in [1.807, 2.05) is 41.8 Å². The second-order valence-corrected chi connectivity index (χ2v) is 5.96. The van der Waals surface area contributed by atoms with Gasteiger partial charge in [0.2, 0.25) is 5.91 Å². The third-order valence-corrected chi connectivity index (χ3v) is 4.52. The highest BCUT2D eigenvalue weighted by Gasteiger charge is 2.29. The van der Waals surface area contributed by atoms with Gasteiger partial charge in [0.15, 0.2) is 6.10 Å². The normalized spacial score (nSPS) is 18.2. The van der Waals surface area contributed by atoms with Crippen LogP contribution in [0.5, 0.6) is 0 Å². The molecule has 114 valence electrons. The van der Waals surface area contributed by atoms with E-state index in [1.165, 1.54) is 11.3 Å². The van der Waals surface area contributed by atoms with Crippen LogP contribution in [0.2, 0.25) is 0 Å². The summed E-state index contributed by atoms with van der Waals surface area (Å²) in [5.41, 5.74) is 7.19. The smallest absolute Gasteiger partial charge is 0.264 e. The van der Waals surface area contributed by atoms with Crippen molar-refractivity contribution in [2.75, 3.05) is 19.7 Å². The van der Waals surface area contributed by atoms with Crippen molar-refractivity contribution in [1.29, 1.82) is 0 Å². The summed E-state index contributed by atoms with van der Waals surface area (Å²) in [5, 5.41) is 1.90. The van der Waals surface area contributed by atoms with Crippen molar-refractivity contribution < 1.29 is 14.3 Å². The van der Waals surface area contributed by atoms with Gasteiger partial charge in [-0.25, -0.2) is 0 Å². The Balaban J connectivity index is 1.84. The zero-order chi connectivity index (χ0) is 15.5. The molecule has 2 amide bonds. The fourth-order valence-electron chi connectivity index (χ4n) is 2.47. The van der Waals surface area contributed by atoms with Gasteiger partial charge < -0.3 is 15.4 Å². The first-order valence-electron chi connectivity index (χ1n) is 7.00. The summed E-state index contributed by atoms with van der Waals surface area (Å²) in [6.45, 7) is 1.00. The van der Waals surface area contributed by atoms with Crippen molar-refractivity contribution in [2.45, 2.75) is 6.10 Å². The maximum Gasteiger partial charge on any atom is 0.264 e. The molecule has 0 aliphatic carbocycles. The Kier molecular flexibility index (Phi) is 4.22. The molecule has 6 heteroatoms. The highest BCUT2D eigenvalue weighted by molar-refractivity contribution is 7.12. The Hall–Kier alpha value is -2.18. The predicted molar refractivity (Wildman–Crippen MR) is 84.6 cm³/mol. The van der Waals surface area contributed by atoms with E-state index < -0.39 is 12.0 Å². The van der Waals surface area contributed by atoms with Gasteiger partial charge in [-0.1, -0.05) is 30.3 Å². The van der Waals surface area contributed by atoms with Crippen LogP contribution in [0.25, 0.3) is 11.1 Å². The van der Waals surface area contributed by atoms with Crippen molar-refractivity contribution in [2.24, 2.45) is 5.73 Å². The van der Waals surface area contributed by atoms with Crippen LogP contribution < -0.4 is 5.73 Å². The summed E-state index contributed by atoms with van der Waals surface area (Å²) in [5.74, 6) is -0.615. The molecular formula is C16H16N2O3S. The zero-order valence-corrected chi connectivity index (χ0v) is 12.7. The number of amides is 2. The molecule has 1 aliphatic heterocycles. The zero-order valence-electron chi connectivity index (χ0n) is 11.9. The van der Waals surface area contributed by atoms with Crippen LogP contribution in [0.1, 0.15) is 9.67 Å². The molecule has 1 atom stereocenters. The number of ether oxygens (including phenoxy) is 1. The predicted octanol–water partition coefficient (Wildman–Crippen LogP) is 1.74. The summed E-state index contributed by atoms with van der Waals surface area (Å²) in [4.78, 5) is 26.3. The number of morpholine rings is 1. The van der Waals surface area contributed by atoms with Crippen LogP contribution in [-0.2, 0) is 9.53 Å². The average Bonchev–Trinajstić information content (AvgIpc) is 3.04. The number of nitrogens with zero attached hydrogens (tertiary/aromatic N) is 1. The molecule has 1 saturated heterocycles. The first-order valence-corrected chi connectivity index (χ1v) is 7.88. The van der Waals surface area contributed by atoms with Crippen LogP contribution in [0.3, 0.4) is 0 Å².